The van der Waals surface area contributed by atoms with E-state index >= 15 is 0 Å². The number of anilines is 2. The number of nitrogens with one attached hydrogen (secondary N) is 1. The highest BCUT2D eigenvalue weighted by Gasteiger charge is 2.36. The highest BCUT2D eigenvalue weighted by Crippen LogP contribution is 2.28. The van der Waals surface area contributed by atoms with Crippen molar-refractivity contribution in [2.75, 3.05) is 10.2 Å². The average Bonchev–Trinajstić information content (AvgIpc) is 3.24. The van der Waals surface area contributed by atoms with Gasteiger partial charge in [-0.25, -0.2) is 9.58 Å². The third-order valence-corrected chi connectivity index (χ3v) is 3.90. The van der Waals surface area contributed by atoms with E-state index in [1.54, 1.807) is 48.5 Å². The maximum absolute atomic E-state index is 12.5. The zero-order chi connectivity index (χ0) is 18.1. The van der Waals surface area contributed by atoms with Gasteiger partial charge in [0.05, 0.1) is 16.8 Å². The largest absolute Gasteiger partial charge is 0.324 e. The van der Waals surface area contributed by atoms with Crippen LogP contribution in [0.25, 0.3) is 0 Å². The summed E-state index contributed by atoms with van der Waals surface area (Å²) < 4.78 is 1.29. The summed E-state index contributed by atoms with van der Waals surface area (Å²) in [4.78, 5) is 38.0. The second-order valence-electron chi connectivity index (χ2n) is 5.59. The number of amides is 3. The quantitative estimate of drug-likeness (QED) is 0.707. The number of fused-ring (bicyclic) bond motifs is 1. The first-order valence-corrected chi connectivity index (χ1v) is 7.72. The minimum absolute atomic E-state index is 0.0207. The summed E-state index contributed by atoms with van der Waals surface area (Å²) >= 11 is 0. The molecule has 9 heteroatoms. The van der Waals surface area contributed by atoms with E-state index in [0.29, 0.717) is 22.5 Å². The molecule has 2 heterocycles. The monoisotopic (exact) mass is 348 g/mol. The summed E-state index contributed by atoms with van der Waals surface area (Å²) in [7, 11) is 0. The maximum atomic E-state index is 12.5. The molecule has 1 aromatic heterocycles. The molecule has 0 atom stereocenters. The van der Waals surface area contributed by atoms with Crippen LogP contribution in [0.4, 0.5) is 11.4 Å². The Bertz CT molecular complexity index is 963. The Balaban J connectivity index is 1.49. The van der Waals surface area contributed by atoms with Gasteiger partial charge in [0.25, 0.3) is 11.8 Å². The Hall–Kier alpha value is -3.88. The molecule has 26 heavy (non-hydrogen) atoms. The first-order valence-electron chi connectivity index (χ1n) is 7.72. The fourth-order valence-corrected chi connectivity index (χ4v) is 2.72. The molecule has 1 aliphatic heterocycles. The Labute approximate surface area is 147 Å². The summed E-state index contributed by atoms with van der Waals surface area (Å²) in [5.41, 5.74) is 1.74. The van der Waals surface area contributed by atoms with Crippen LogP contribution in [-0.2, 0) is 11.3 Å². The van der Waals surface area contributed by atoms with Gasteiger partial charge in [-0.05, 0) is 46.8 Å². The van der Waals surface area contributed by atoms with Crippen LogP contribution >= 0.6 is 0 Å². The second kappa shape index (κ2) is 6.20. The normalized spacial score (nSPS) is 13.0. The Morgan fingerprint density at radius 3 is 2.19 bits per heavy atom. The second-order valence-corrected chi connectivity index (χ2v) is 5.59. The molecule has 128 valence electrons. The number of aromatic nitrogens is 4. The highest BCUT2D eigenvalue weighted by atomic mass is 16.2. The molecule has 1 aliphatic rings. The molecule has 0 saturated carbocycles. The topological polar surface area (TPSA) is 110 Å². The molecule has 4 rings (SSSR count). The van der Waals surface area contributed by atoms with Gasteiger partial charge >= 0.3 is 0 Å². The van der Waals surface area contributed by atoms with Gasteiger partial charge in [-0.1, -0.05) is 12.1 Å². The third kappa shape index (κ3) is 2.71. The van der Waals surface area contributed by atoms with Gasteiger partial charge in [-0.3, -0.25) is 14.4 Å². The van der Waals surface area contributed by atoms with E-state index in [0.717, 1.165) is 4.90 Å². The zero-order valence-corrected chi connectivity index (χ0v) is 13.4. The Morgan fingerprint density at radius 1 is 0.962 bits per heavy atom. The summed E-state index contributed by atoms with van der Waals surface area (Å²) in [5.74, 6) is -1.02. The van der Waals surface area contributed by atoms with Gasteiger partial charge < -0.3 is 5.32 Å². The van der Waals surface area contributed by atoms with Gasteiger partial charge in [0, 0.05) is 5.69 Å². The smallest absolute Gasteiger partial charge is 0.266 e. The minimum Gasteiger partial charge on any atom is -0.324 e. The molecule has 0 saturated heterocycles. The molecule has 3 amide bonds. The number of carbonyl (C=O) groups excluding carboxylic acids is 3. The van der Waals surface area contributed by atoms with E-state index in [1.165, 1.54) is 11.0 Å². The van der Waals surface area contributed by atoms with Gasteiger partial charge in [0.15, 0.2) is 0 Å². The van der Waals surface area contributed by atoms with Crippen LogP contribution in [0.2, 0.25) is 0 Å². The lowest BCUT2D eigenvalue weighted by molar-refractivity contribution is -0.116. The van der Waals surface area contributed by atoms with Gasteiger partial charge in [-0.2, -0.15) is 0 Å². The van der Waals surface area contributed by atoms with E-state index in [9.17, 15) is 14.4 Å². The lowest BCUT2D eigenvalue weighted by atomic mass is 10.1. The fraction of sp³-hybridized carbons (Fsp3) is 0.0588. The van der Waals surface area contributed by atoms with Crippen molar-refractivity contribution in [2.45, 2.75) is 6.54 Å². The van der Waals surface area contributed by atoms with E-state index in [4.69, 9.17) is 0 Å². The lowest BCUT2D eigenvalue weighted by Crippen LogP contribution is -2.29. The maximum Gasteiger partial charge on any atom is 0.266 e. The van der Waals surface area contributed by atoms with Crippen molar-refractivity contribution in [3.63, 3.8) is 0 Å². The van der Waals surface area contributed by atoms with E-state index in [2.05, 4.69) is 20.8 Å². The summed E-state index contributed by atoms with van der Waals surface area (Å²) in [6.07, 6.45) is 1.34. The van der Waals surface area contributed by atoms with Crippen molar-refractivity contribution >= 4 is 29.1 Å². The van der Waals surface area contributed by atoms with Crippen molar-refractivity contribution in [1.29, 1.82) is 0 Å². The highest BCUT2D eigenvalue weighted by molar-refractivity contribution is 6.34. The number of imide groups is 1. The summed E-state index contributed by atoms with van der Waals surface area (Å²) in [6, 6.07) is 13.1. The van der Waals surface area contributed by atoms with E-state index < -0.39 is 0 Å². The molecule has 0 aliphatic carbocycles. The number of rotatable bonds is 4. The van der Waals surface area contributed by atoms with Crippen LogP contribution in [0.3, 0.4) is 0 Å². The predicted octanol–water partition coefficient (Wildman–Crippen LogP) is 1.11. The van der Waals surface area contributed by atoms with Crippen molar-refractivity contribution in [1.82, 2.24) is 20.2 Å². The number of benzene rings is 2. The lowest BCUT2D eigenvalue weighted by Gasteiger charge is -2.14. The van der Waals surface area contributed by atoms with Crippen LogP contribution in [0.1, 0.15) is 20.7 Å². The molecule has 3 aromatic rings. The molecular weight excluding hydrogens is 336 g/mol. The molecule has 0 spiro atoms. The predicted molar refractivity (Wildman–Crippen MR) is 90.5 cm³/mol. The van der Waals surface area contributed by atoms with Crippen molar-refractivity contribution < 1.29 is 14.4 Å². The van der Waals surface area contributed by atoms with Crippen LogP contribution in [0.15, 0.2) is 54.9 Å². The van der Waals surface area contributed by atoms with Gasteiger partial charge in [-0.15, -0.1) is 5.10 Å². The SMILES string of the molecule is O=C(Cn1cnnn1)Nc1ccc(N2C(=O)c3ccccc3C2=O)cc1. The van der Waals surface area contributed by atoms with Crippen LogP contribution in [-0.4, -0.2) is 37.9 Å². The zero-order valence-electron chi connectivity index (χ0n) is 13.4. The number of tetrazole rings is 1. The number of nitrogens with zero attached hydrogens (tertiary/aromatic N) is 5. The van der Waals surface area contributed by atoms with Crippen molar-refractivity contribution in [3.8, 4) is 0 Å². The summed E-state index contributed by atoms with van der Waals surface area (Å²) in [6.45, 7) is -0.0207. The molecular formula is C17H12N6O3. The van der Waals surface area contributed by atoms with Crippen LogP contribution in [0, 0.1) is 0 Å². The molecule has 0 bridgehead atoms. The first kappa shape index (κ1) is 15.6. The minimum atomic E-state index is -0.360. The molecule has 1 N–H and O–H groups in total. The van der Waals surface area contributed by atoms with Gasteiger partial charge in [0.1, 0.15) is 12.9 Å². The van der Waals surface area contributed by atoms with Crippen molar-refractivity contribution in [2.24, 2.45) is 0 Å². The van der Waals surface area contributed by atoms with Crippen LogP contribution < -0.4 is 10.2 Å². The molecule has 0 fully saturated rings. The summed E-state index contributed by atoms with van der Waals surface area (Å²) in [5, 5.41) is 13.2. The molecule has 2 aromatic carbocycles. The standard InChI is InChI=1S/C17H12N6O3/c24-15(9-22-10-18-20-21-22)19-11-5-7-12(8-6-11)23-16(25)13-3-1-2-4-14(13)17(23)26/h1-8,10H,9H2,(H,19,24). The third-order valence-electron chi connectivity index (χ3n) is 3.90. The first-order chi connectivity index (χ1) is 12.6. The fourth-order valence-electron chi connectivity index (χ4n) is 2.72. The number of carbonyl (C=O) groups is 3. The van der Waals surface area contributed by atoms with Gasteiger partial charge in [0.2, 0.25) is 5.91 Å². The Morgan fingerprint density at radius 2 is 1.62 bits per heavy atom. The van der Waals surface area contributed by atoms with Crippen LogP contribution in [0.5, 0.6) is 0 Å². The van der Waals surface area contributed by atoms with E-state index in [1.807, 2.05) is 0 Å². The molecule has 9 nitrogen and oxygen atoms in total. The van der Waals surface area contributed by atoms with E-state index in [-0.39, 0.29) is 24.3 Å². The molecule has 0 unspecified atom stereocenters. The average molecular weight is 348 g/mol. The number of hydrogen-bond acceptors (Lipinski definition) is 6. The van der Waals surface area contributed by atoms with Crippen molar-refractivity contribution in [3.05, 3.63) is 66.0 Å². The Kier molecular flexibility index (Phi) is 3.73. The molecule has 0 radical (unpaired) electrons. The number of hydrogen-bond donors (Lipinski definition) is 1.